The van der Waals surface area contributed by atoms with Gasteiger partial charge in [-0.1, -0.05) is 11.2 Å². The van der Waals surface area contributed by atoms with Crippen molar-refractivity contribution in [3.05, 3.63) is 73.7 Å². The molecule has 0 unspecified atom stereocenters. The van der Waals surface area contributed by atoms with E-state index in [0.717, 1.165) is 12.5 Å². The van der Waals surface area contributed by atoms with Crippen molar-refractivity contribution in [1.82, 2.24) is 10.2 Å². The Kier molecular flexibility index (Phi) is 6.23. The summed E-state index contributed by atoms with van der Waals surface area (Å²) in [5, 5.41) is 15.4. The highest BCUT2D eigenvalue weighted by Gasteiger charge is 2.20. The second-order valence-corrected chi connectivity index (χ2v) is 8.48. The normalized spacial score (nSPS) is 10.9. The van der Waals surface area contributed by atoms with Crippen LogP contribution in [0.3, 0.4) is 0 Å². The largest absolute Gasteiger partial charge is 0.403 e. The van der Waals surface area contributed by atoms with Gasteiger partial charge >= 0.3 is 6.01 Å². The van der Waals surface area contributed by atoms with E-state index >= 15 is 0 Å². The first-order chi connectivity index (χ1) is 14.5. The van der Waals surface area contributed by atoms with Crippen LogP contribution in [0.2, 0.25) is 0 Å². The van der Waals surface area contributed by atoms with E-state index in [-0.39, 0.29) is 28.8 Å². The van der Waals surface area contributed by atoms with Crippen molar-refractivity contribution in [1.29, 1.82) is 0 Å². The highest BCUT2D eigenvalue weighted by Crippen LogP contribution is 2.34. The Hall–Kier alpha value is -2.60. The van der Waals surface area contributed by atoms with Crippen molar-refractivity contribution in [3.8, 4) is 11.5 Å². The molecule has 4 rings (SSSR count). The molecule has 0 saturated carbocycles. The summed E-state index contributed by atoms with van der Waals surface area (Å²) < 4.78 is 48.9. The third-order valence-electron chi connectivity index (χ3n) is 4.17. The number of thiophene rings is 1. The zero-order chi connectivity index (χ0) is 21.1. The topological polar surface area (TPSA) is 63.0 Å². The van der Waals surface area contributed by atoms with E-state index in [4.69, 9.17) is 4.42 Å². The minimum Gasteiger partial charge on any atom is -0.403 e. The van der Waals surface area contributed by atoms with Crippen LogP contribution < -0.4 is 10.6 Å². The van der Waals surface area contributed by atoms with Gasteiger partial charge in [0, 0.05) is 15.0 Å². The van der Waals surface area contributed by atoms with Gasteiger partial charge in [-0.05, 0) is 70.8 Å². The summed E-state index contributed by atoms with van der Waals surface area (Å²) in [6, 6.07) is 10.8. The standard InChI is InChI=1S/C20H14F3IN4OS/c21-14-5-4-13(18(17(14)23)26-16-6-3-11(24)10-15(16)22)19-27-28-20(29-19)25-8-7-12-2-1-9-30-12/h1-6,9-10,26H,7-8H2,(H,25,28). The van der Waals surface area contributed by atoms with Crippen LogP contribution >= 0.6 is 33.9 Å². The van der Waals surface area contributed by atoms with E-state index in [0.29, 0.717) is 10.1 Å². The Morgan fingerprint density at radius 2 is 1.90 bits per heavy atom. The molecule has 0 aliphatic heterocycles. The number of nitrogens with one attached hydrogen (secondary N) is 2. The van der Waals surface area contributed by atoms with Gasteiger partial charge in [0.1, 0.15) is 5.82 Å². The van der Waals surface area contributed by atoms with Crippen molar-refractivity contribution < 1.29 is 17.6 Å². The molecule has 0 bridgehead atoms. The molecule has 0 aliphatic rings. The molecule has 2 aromatic carbocycles. The molecule has 30 heavy (non-hydrogen) atoms. The Morgan fingerprint density at radius 1 is 1.03 bits per heavy atom. The summed E-state index contributed by atoms with van der Waals surface area (Å²) in [5.74, 6) is -2.88. The van der Waals surface area contributed by atoms with Gasteiger partial charge in [0.05, 0.1) is 16.9 Å². The zero-order valence-corrected chi connectivity index (χ0v) is 18.2. The molecular weight excluding hydrogens is 528 g/mol. The molecule has 0 aliphatic carbocycles. The summed E-state index contributed by atoms with van der Waals surface area (Å²) in [4.78, 5) is 1.20. The Labute approximate surface area is 187 Å². The molecule has 4 aromatic rings. The third kappa shape index (κ3) is 4.59. The van der Waals surface area contributed by atoms with E-state index in [1.807, 2.05) is 40.1 Å². The molecule has 2 aromatic heterocycles. The van der Waals surface area contributed by atoms with Gasteiger partial charge in [-0.2, -0.15) is 0 Å². The highest BCUT2D eigenvalue weighted by atomic mass is 127. The van der Waals surface area contributed by atoms with Crippen molar-refractivity contribution in [2.45, 2.75) is 6.42 Å². The van der Waals surface area contributed by atoms with Crippen LogP contribution in [0.25, 0.3) is 11.5 Å². The Balaban J connectivity index is 1.58. The van der Waals surface area contributed by atoms with Crippen LogP contribution in [0.15, 0.2) is 52.3 Å². The summed E-state index contributed by atoms with van der Waals surface area (Å²) >= 11 is 3.60. The minimum absolute atomic E-state index is 0.00465. The maximum absolute atomic E-state index is 14.5. The van der Waals surface area contributed by atoms with E-state index in [2.05, 4.69) is 20.8 Å². The zero-order valence-electron chi connectivity index (χ0n) is 15.3. The van der Waals surface area contributed by atoms with E-state index < -0.39 is 17.5 Å². The van der Waals surface area contributed by atoms with E-state index in [9.17, 15) is 13.2 Å². The van der Waals surface area contributed by atoms with E-state index in [1.165, 1.54) is 23.1 Å². The van der Waals surface area contributed by atoms with Crippen LogP contribution in [0.4, 0.5) is 30.6 Å². The molecule has 0 amide bonds. The molecule has 0 fully saturated rings. The smallest absolute Gasteiger partial charge is 0.315 e. The maximum atomic E-state index is 14.5. The second-order valence-electron chi connectivity index (χ2n) is 6.20. The van der Waals surface area contributed by atoms with Crippen molar-refractivity contribution in [2.24, 2.45) is 0 Å². The molecule has 154 valence electrons. The SMILES string of the molecule is Fc1cc(I)ccc1Nc1c(-c2nnc(NCCc3cccs3)o2)ccc(F)c1F. The molecular formula is C20H14F3IN4OS. The van der Waals surface area contributed by atoms with Crippen LogP contribution in [0, 0.1) is 21.0 Å². The monoisotopic (exact) mass is 542 g/mol. The van der Waals surface area contributed by atoms with Gasteiger partial charge in [-0.3, -0.25) is 0 Å². The number of hydrogen-bond donors (Lipinski definition) is 2. The minimum atomic E-state index is -1.17. The van der Waals surface area contributed by atoms with Crippen molar-refractivity contribution >= 4 is 51.3 Å². The van der Waals surface area contributed by atoms with Crippen LogP contribution in [-0.2, 0) is 6.42 Å². The molecule has 5 nitrogen and oxygen atoms in total. The number of anilines is 3. The summed E-state index contributed by atoms with van der Waals surface area (Å²) in [6.07, 6.45) is 0.777. The van der Waals surface area contributed by atoms with E-state index in [1.54, 1.807) is 17.4 Å². The lowest BCUT2D eigenvalue weighted by molar-refractivity contribution is 0.511. The quantitative estimate of drug-likeness (QED) is 0.272. The van der Waals surface area contributed by atoms with Gasteiger partial charge in [0.15, 0.2) is 11.6 Å². The number of rotatable bonds is 7. The van der Waals surface area contributed by atoms with Crippen LogP contribution in [-0.4, -0.2) is 16.7 Å². The van der Waals surface area contributed by atoms with Gasteiger partial charge in [0.2, 0.25) is 0 Å². The lowest BCUT2D eigenvalue weighted by atomic mass is 10.1. The first kappa shape index (κ1) is 20.7. The summed E-state index contributed by atoms with van der Waals surface area (Å²) in [5.41, 5.74) is -0.176. The molecule has 10 heteroatoms. The Bertz CT molecular complexity index is 1170. The number of nitrogens with zero attached hydrogens (tertiary/aromatic N) is 2. The number of benzene rings is 2. The van der Waals surface area contributed by atoms with Gasteiger partial charge in [-0.15, -0.1) is 16.4 Å². The molecule has 0 radical (unpaired) electrons. The lowest BCUT2D eigenvalue weighted by Gasteiger charge is -2.12. The first-order valence-corrected chi connectivity index (χ1v) is 10.8. The van der Waals surface area contributed by atoms with Gasteiger partial charge in [-0.25, -0.2) is 13.2 Å². The molecule has 2 N–H and O–H groups in total. The fourth-order valence-corrected chi connectivity index (χ4v) is 3.89. The molecule has 0 saturated heterocycles. The van der Waals surface area contributed by atoms with Gasteiger partial charge in [0.25, 0.3) is 5.89 Å². The number of aromatic nitrogens is 2. The first-order valence-electron chi connectivity index (χ1n) is 8.81. The summed E-state index contributed by atoms with van der Waals surface area (Å²) in [7, 11) is 0. The predicted octanol–water partition coefficient (Wildman–Crippen LogP) is 6.22. The van der Waals surface area contributed by atoms with Crippen molar-refractivity contribution in [2.75, 3.05) is 17.2 Å². The Morgan fingerprint density at radius 3 is 2.67 bits per heavy atom. The third-order valence-corrected chi connectivity index (χ3v) is 5.78. The number of hydrogen-bond acceptors (Lipinski definition) is 6. The molecule has 2 heterocycles. The summed E-state index contributed by atoms with van der Waals surface area (Å²) in [6.45, 7) is 0.568. The lowest BCUT2D eigenvalue weighted by Crippen LogP contribution is -2.03. The average Bonchev–Trinajstić information content (AvgIpc) is 3.40. The van der Waals surface area contributed by atoms with Gasteiger partial charge < -0.3 is 15.1 Å². The molecule has 0 atom stereocenters. The second kappa shape index (κ2) is 9.04. The fourth-order valence-electron chi connectivity index (χ4n) is 2.73. The average molecular weight is 542 g/mol. The van der Waals surface area contributed by atoms with Crippen LogP contribution in [0.5, 0.6) is 0 Å². The fraction of sp³-hybridized carbons (Fsp3) is 0.100. The predicted molar refractivity (Wildman–Crippen MR) is 119 cm³/mol. The molecule has 0 spiro atoms. The van der Waals surface area contributed by atoms with Crippen LogP contribution in [0.1, 0.15) is 4.88 Å². The highest BCUT2D eigenvalue weighted by molar-refractivity contribution is 14.1. The maximum Gasteiger partial charge on any atom is 0.315 e. The number of halogens is 4. The van der Waals surface area contributed by atoms with Crippen molar-refractivity contribution in [3.63, 3.8) is 0 Å².